The highest BCUT2D eigenvalue weighted by atomic mass is 32.1. The predicted molar refractivity (Wildman–Crippen MR) is 203 cm³/mol. The number of thiophene rings is 1. The Labute approximate surface area is 285 Å². The molecule has 234 valence electrons. The van der Waals surface area contributed by atoms with E-state index in [0.717, 1.165) is 27.5 Å². The molecular formula is C45H36O2S. The van der Waals surface area contributed by atoms with Gasteiger partial charge in [0, 0.05) is 48.5 Å². The zero-order chi connectivity index (χ0) is 32.9. The van der Waals surface area contributed by atoms with Crippen LogP contribution in [0.4, 0.5) is 0 Å². The topological polar surface area (TPSA) is 22.4 Å². The van der Waals surface area contributed by atoms with Crippen LogP contribution in [-0.2, 0) is 5.41 Å². The minimum absolute atomic E-state index is 0.168. The summed E-state index contributed by atoms with van der Waals surface area (Å²) in [6.07, 6.45) is 0. The lowest BCUT2D eigenvalue weighted by atomic mass is 9.74. The minimum atomic E-state index is -0.168. The van der Waals surface area contributed by atoms with Crippen LogP contribution in [-0.4, -0.2) is 0 Å². The van der Waals surface area contributed by atoms with Gasteiger partial charge >= 0.3 is 0 Å². The first-order chi connectivity index (χ1) is 23.2. The molecule has 48 heavy (non-hydrogen) atoms. The number of aryl methyl sites for hydroxylation is 2. The highest BCUT2D eigenvalue weighted by molar-refractivity contribution is 7.26. The zero-order valence-electron chi connectivity index (χ0n) is 28.1. The summed E-state index contributed by atoms with van der Waals surface area (Å²) in [5.41, 5.74) is 15.8. The van der Waals surface area contributed by atoms with Crippen LogP contribution in [0, 0.1) is 27.7 Å². The van der Waals surface area contributed by atoms with Crippen LogP contribution in [0.5, 0.6) is 11.5 Å². The smallest absolute Gasteiger partial charge is 0.190 e. The summed E-state index contributed by atoms with van der Waals surface area (Å²) in [6, 6.07) is 39.4. The Kier molecular flexibility index (Phi) is 6.32. The molecule has 2 nitrogen and oxygen atoms in total. The van der Waals surface area contributed by atoms with Crippen LogP contribution in [0.3, 0.4) is 0 Å². The Morgan fingerprint density at radius 2 is 1.15 bits per heavy atom. The molecule has 0 fully saturated rings. The largest absolute Gasteiger partial charge is 0.456 e. The SMILES string of the molecule is Cc1ccc(-c2ccc(C)c(-c3cccc4c3sc3oc5ccccc5c34)c2C)c(C)c1-c1cccc2c1Oc1ccccc1C2(C)C. The van der Waals surface area contributed by atoms with Gasteiger partial charge in [0.1, 0.15) is 17.1 Å². The van der Waals surface area contributed by atoms with Crippen LogP contribution in [0.2, 0.25) is 0 Å². The van der Waals surface area contributed by atoms with Crippen molar-refractivity contribution in [1.82, 2.24) is 0 Å². The minimum Gasteiger partial charge on any atom is -0.456 e. The van der Waals surface area contributed by atoms with Crippen molar-refractivity contribution in [1.29, 1.82) is 0 Å². The van der Waals surface area contributed by atoms with E-state index in [9.17, 15) is 0 Å². The van der Waals surface area contributed by atoms with E-state index in [0.29, 0.717) is 0 Å². The molecule has 3 heteroatoms. The van der Waals surface area contributed by atoms with E-state index in [1.165, 1.54) is 82.1 Å². The van der Waals surface area contributed by atoms with E-state index < -0.39 is 0 Å². The number of furan rings is 1. The van der Waals surface area contributed by atoms with E-state index in [1.54, 1.807) is 11.3 Å². The van der Waals surface area contributed by atoms with Gasteiger partial charge < -0.3 is 9.15 Å². The third-order valence-corrected chi connectivity index (χ3v) is 11.8. The molecule has 0 saturated carbocycles. The lowest BCUT2D eigenvalue weighted by Crippen LogP contribution is -2.24. The Hall–Kier alpha value is -5.12. The van der Waals surface area contributed by atoms with Gasteiger partial charge in [-0.15, -0.1) is 0 Å². The number of benzene rings is 6. The first-order valence-electron chi connectivity index (χ1n) is 16.7. The zero-order valence-corrected chi connectivity index (χ0v) is 28.9. The molecule has 1 aliphatic heterocycles. The first-order valence-corrected chi connectivity index (χ1v) is 17.5. The van der Waals surface area contributed by atoms with E-state index in [2.05, 4.69) is 145 Å². The number of hydrogen-bond donors (Lipinski definition) is 0. The van der Waals surface area contributed by atoms with Crippen molar-refractivity contribution in [2.75, 3.05) is 0 Å². The Morgan fingerprint density at radius 1 is 0.542 bits per heavy atom. The van der Waals surface area contributed by atoms with Gasteiger partial charge in [-0.25, -0.2) is 0 Å². The van der Waals surface area contributed by atoms with E-state index >= 15 is 0 Å². The van der Waals surface area contributed by atoms with Gasteiger partial charge in [-0.05, 0) is 84.3 Å². The van der Waals surface area contributed by atoms with E-state index in [-0.39, 0.29) is 5.41 Å². The third-order valence-electron chi connectivity index (χ3n) is 10.7. The van der Waals surface area contributed by atoms with Crippen molar-refractivity contribution < 1.29 is 9.15 Å². The second-order valence-corrected chi connectivity index (χ2v) is 14.8. The third kappa shape index (κ3) is 4.04. The summed E-state index contributed by atoms with van der Waals surface area (Å²) < 4.78 is 14.4. The van der Waals surface area contributed by atoms with Gasteiger partial charge in [0.25, 0.3) is 0 Å². The Balaban J connectivity index is 1.23. The second-order valence-electron chi connectivity index (χ2n) is 13.8. The normalized spacial score (nSPS) is 13.5. The summed E-state index contributed by atoms with van der Waals surface area (Å²) in [4.78, 5) is 0.989. The quantitative estimate of drug-likeness (QED) is 0.192. The molecule has 0 bridgehead atoms. The molecule has 9 rings (SSSR count). The van der Waals surface area contributed by atoms with Gasteiger partial charge in [-0.1, -0.05) is 122 Å². The van der Waals surface area contributed by atoms with Crippen LogP contribution < -0.4 is 4.74 Å². The number of hydrogen-bond acceptors (Lipinski definition) is 3. The molecule has 6 aromatic carbocycles. The first kappa shape index (κ1) is 29.1. The second kappa shape index (κ2) is 10.4. The standard InChI is InChI=1S/C45H36O2S/c1-25-21-23-29(27(3)39(25)32-14-12-18-36-42(32)46-38-20-10-8-17-35(38)45(36,5)6)30-24-22-26(2)40(28(30)4)33-15-11-16-34-41-31-13-7-9-19-37(31)47-44(41)48-43(33)34/h7-24H,1-6H3. The molecule has 0 spiro atoms. The average Bonchev–Trinajstić information content (AvgIpc) is 3.63. The molecule has 8 aromatic rings. The summed E-state index contributed by atoms with van der Waals surface area (Å²) in [5, 5.41) is 3.66. The molecule has 0 atom stereocenters. The van der Waals surface area contributed by atoms with Crippen molar-refractivity contribution >= 4 is 42.7 Å². The van der Waals surface area contributed by atoms with E-state index in [1.807, 2.05) is 6.07 Å². The predicted octanol–water partition coefficient (Wildman–Crippen LogP) is 13.5. The maximum Gasteiger partial charge on any atom is 0.190 e. The van der Waals surface area contributed by atoms with Gasteiger partial charge in [0.05, 0.1) is 0 Å². The Morgan fingerprint density at radius 3 is 1.92 bits per heavy atom. The van der Waals surface area contributed by atoms with Crippen LogP contribution in [0.15, 0.2) is 114 Å². The molecule has 0 unspecified atom stereocenters. The summed E-state index contributed by atoms with van der Waals surface area (Å²) in [7, 11) is 0. The molecule has 2 aromatic heterocycles. The summed E-state index contributed by atoms with van der Waals surface area (Å²) in [6.45, 7) is 13.6. The molecule has 0 saturated heterocycles. The molecule has 0 radical (unpaired) electrons. The number of ether oxygens (including phenoxy) is 1. The molecule has 0 aliphatic carbocycles. The number of fused-ring (bicyclic) bond motifs is 7. The molecule has 1 aliphatic rings. The van der Waals surface area contributed by atoms with Crippen molar-refractivity contribution in [3.63, 3.8) is 0 Å². The fourth-order valence-corrected chi connectivity index (χ4v) is 9.45. The Bertz CT molecular complexity index is 2610. The van der Waals surface area contributed by atoms with Gasteiger partial charge in [-0.3, -0.25) is 0 Å². The van der Waals surface area contributed by atoms with Crippen molar-refractivity contribution in [2.45, 2.75) is 47.0 Å². The molecular weight excluding hydrogens is 605 g/mol. The van der Waals surface area contributed by atoms with Crippen LogP contribution >= 0.6 is 11.3 Å². The van der Waals surface area contributed by atoms with Gasteiger partial charge in [-0.2, -0.15) is 0 Å². The van der Waals surface area contributed by atoms with Crippen LogP contribution in [0.1, 0.15) is 47.2 Å². The lowest BCUT2D eigenvalue weighted by molar-refractivity contribution is 0.419. The molecule has 0 N–H and O–H groups in total. The summed E-state index contributed by atoms with van der Waals surface area (Å²) in [5.74, 6) is 1.91. The average molecular weight is 641 g/mol. The van der Waals surface area contributed by atoms with Gasteiger partial charge in [0.15, 0.2) is 4.90 Å². The molecule has 0 amide bonds. The lowest BCUT2D eigenvalue weighted by Gasteiger charge is -2.35. The highest BCUT2D eigenvalue weighted by Crippen LogP contribution is 2.53. The fourth-order valence-electron chi connectivity index (χ4n) is 8.25. The summed E-state index contributed by atoms with van der Waals surface area (Å²) >= 11 is 1.76. The maximum absolute atomic E-state index is 6.75. The van der Waals surface area contributed by atoms with E-state index in [4.69, 9.17) is 9.15 Å². The monoisotopic (exact) mass is 640 g/mol. The van der Waals surface area contributed by atoms with Crippen molar-refractivity contribution in [3.8, 4) is 44.9 Å². The molecule has 3 heterocycles. The van der Waals surface area contributed by atoms with Crippen LogP contribution in [0.25, 0.3) is 64.7 Å². The number of para-hydroxylation sites is 3. The van der Waals surface area contributed by atoms with Crippen molar-refractivity contribution in [3.05, 3.63) is 143 Å². The number of rotatable bonds is 3. The van der Waals surface area contributed by atoms with Gasteiger partial charge in [0.2, 0.25) is 0 Å². The van der Waals surface area contributed by atoms with Crippen molar-refractivity contribution in [2.24, 2.45) is 0 Å². The highest BCUT2D eigenvalue weighted by Gasteiger charge is 2.35. The maximum atomic E-state index is 6.75. The fraction of sp³-hybridized carbons (Fsp3) is 0.156.